The Kier molecular flexibility index (Phi) is 6.68. The molecule has 3 rings (SSSR count). The lowest BCUT2D eigenvalue weighted by molar-refractivity contribution is 0.307. The van der Waals surface area contributed by atoms with E-state index < -0.39 is 10.0 Å². The standard InChI is InChI=1S/C20H20ClN3O4S/c1-14-3-5-15(6-4-14)17-8-10-20(24-23-17)28-12-11-22-29(25,26)19-13-16(21)7-9-18(19)27-2/h3-10,13,22H,11-12H2,1-2H3. The summed E-state index contributed by atoms with van der Waals surface area (Å²) in [6.45, 7) is 2.14. The van der Waals surface area contributed by atoms with Crippen LogP contribution < -0.4 is 14.2 Å². The average Bonchev–Trinajstić information content (AvgIpc) is 2.72. The van der Waals surface area contributed by atoms with E-state index in [1.54, 1.807) is 18.2 Å². The molecule has 0 saturated heterocycles. The van der Waals surface area contributed by atoms with Crippen LogP contribution in [0.1, 0.15) is 5.56 Å². The van der Waals surface area contributed by atoms with Crippen molar-refractivity contribution in [2.45, 2.75) is 11.8 Å². The fourth-order valence-corrected chi connectivity index (χ4v) is 3.99. The number of hydrogen-bond acceptors (Lipinski definition) is 6. The predicted octanol–water partition coefficient (Wildman–Crippen LogP) is 3.47. The minimum Gasteiger partial charge on any atom is -0.495 e. The molecule has 29 heavy (non-hydrogen) atoms. The highest BCUT2D eigenvalue weighted by Crippen LogP contribution is 2.26. The second-order valence-corrected chi connectivity index (χ2v) is 8.34. The van der Waals surface area contributed by atoms with Gasteiger partial charge in [-0.2, -0.15) is 0 Å². The molecule has 0 bridgehead atoms. The summed E-state index contributed by atoms with van der Waals surface area (Å²) in [5.74, 6) is 0.515. The van der Waals surface area contributed by atoms with E-state index in [0.717, 1.165) is 11.3 Å². The second kappa shape index (κ2) is 9.21. The molecule has 1 heterocycles. The highest BCUT2D eigenvalue weighted by molar-refractivity contribution is 7.89. The Morgan fingerprint density at radius 2 is 1.79 bits per heavy atom. The largest absolute Gasteiger partial charge is 0.495 e. The molecule has 1 aromatic heterocycles. The van der Waals surface area contributed by atoms with Crippen LogP contribution in [0.2, 0.25) is 5.02 Å². The van der Waals surface area contributed by atoms with E-state index in [1.807, 2.05) is 31.2 Å². The molecular formula is C20H20ClN3O4S. The average molecular weight is 434 g/mol. The van der Waals surface area contributed by atoms with Gasteiger partial charge in [-0.1, -0.05) is 41.4 Å². The fraction of sp³-hybridized carbons (Fsp3) is 0.200. The first kappa shape index (κ1) is 21.0. The van der Waals surface area contributed by atoms with Gasteiger partial charge in [-0.05, 0) is 31.2 Å². The van der Waals surface area contributed by atoms with Gasteiger partial charge in [0.2, 0.25) is 15.9 Å². The first-order chi connectivity index (χ1) is 13.9. The van der Waals surface area contributed by atoms with Crippen LogP contribution in [-0.4, -0.2) is 38.9 Å². The minimum atomic E-state index is -3.80. The third-order valence-corrected chi connectivity index (χ3v) is 5.76. The molecular weight excluding hydrogens is 414 g/mol. The highest BCUT2D eigenvalue weighted by Gasteiger charge is 2.19. The molecule has 152 valence electrons. The molecule has 0 saturated carbocycles. The summed E-state index contributed by atoms with van der Waals surface area (Å²) >= 11 is 5.90. The van der Waals surface area contributed by atoms with Crippen LogP contribution in [0, 0.1) is 6.92 Å². The molecule has 0 amide bonds. The predicted molar refractivity (Wildman–Crippen MR) is 111 cm³/mol. The van der Waals surface area contributed by atoms with Gasteiger partial charge in [-0.3, -0.25) is 0 Å². The highest BCUT2D eigenvalue weighted by atomic mass is 35.5. The number of nitrogens with zero attached hydrogens (tertiary/aromatic N) is 2. The van der Waals surface area contributed by atoms with E-state index in [1.165, 1.54) is 24.8 Å². The Morgan fingerprint density at radius 1 is 1.03 bits per heavy atom. The maximum absolute atomic E-state index is 12.5. The number of aromatic nitrogens is 2. The monoisotopic (exact) mass is 433 g/mol. The van der Waals surface area contributed by atoms with Gasteiger partial charge in [0.05, 0.1) is 12.8 Å². The van der Waals surface area contributed by atoms with Crippen LogP contribution in [0.25, 0.3) is 11.3 Å². The zero-order valence-corrected chi connectivity index (χ0v) is 17.5. The maximum atomic E-state index is 12.5. The lowest BCUT2D eigenvalue weighted by Gasteiger charge is -2.11. The Hall–Kier alpha value is -2.68. The Labute approximate surface area is 174 Å². The van der Waals surface area contributed by atoms with Gasteiger partial charge >= 0.3 is 0 Å². The summed E-state index contributed by atoms with van der Waals surface area (Å²) in [4.78, 5) is -0.0326. The number of ether oxygens (including phenoxy) is 2. The molecule has 0 aliphatic rings. The van der Waals surface area contributed by atoms with E-state index in [4.69, 9.17) is 21.1 Å². The van der Waals surface area contributed by atoms with Crippen LogP contribution in [0.4, 0.5) is 0 Å². The zero-order valence-electron chi connectivity index (χ0n) is 15.9. The van der Waals surface area contributed by atoms with Gasteiger partial charge in [-0.15, -0.1) is 10.2 Å². The van der Waals surface area contributed by atoms with Crippen LogP contribution in [0.3, 0.4) is 0 Å². The Bertz CT molecular complexity index is 1070. The van der Waals surface area contributed by atoms with Gasteiger partial charge in [0.1, 0.15) is 17.3 Å². The summed E-state index contributed by atoms with van der Waals surface area (Å²) in [5.41, 5.74) is 2.85. The van der Waals surface area contributed by atoms with Crippen molar-refractivity contribution < 1.29 is 17.9 Å². The Morgan fingerprint density at radius 3 is 2.45 bits per heavy atom. The summed E-state index contributed by atoms with van der Waals surface area (Å²) in [7, 11) is -2.41. The summed E-state index contributed by atoms with van der Waals surface area (Å²) in [5, 5.41) is 8.46. The molecule has 7 nitrogen and oxygen atoms in total. The molecule has 0 spiro atoms. The quantitative estimate of drug-likeness (QED) is 0.547. The van der Waals surface area contributed by atoms with Crippen LogP contribution in [0.15, 0.2) is 59.5 Å². The number of nitrogens with one attached hydrogen (secondary N) is 1. The third-order valence-electron chi connectivity index (χ3n) is 4.05. The van der Waals surface area contributed by atoms with Crippen molar-refractivity contribution >= 4 is 21.6 Å². The molecule has 0 atom stereocenters. The SMILES string of the molecule is COc1ccc(Cl)cc1S(=O)(=O)NCCOc1ccc(-c2ccc(C)cc2)nn1. The van der Waals surface area contributed by atoms with E-state index in [9.17, 15) is 8.42 Å². The van der Waals surface area contributed by atoms with Gasteiger partial charge in [0.15, 0.2) is 0 Å². The smallest absolute Gasteiger partial charge is 0.244 e. The summed E-state index contributed by atoms with van der Waals surface area (Å²) < 4.78 is 37.9. The number of benzene rings is 2. The van der Waals surface area contributed by atoms with Crippen molar-refractivity contribution in [3.63, 3.8) is 0 Å². The molecule has 0 aliphatic heterocycles. The fourth-order valence-electron chi connectivity index (χ4n) is 2.55. The lowest BCUT2D eigenvalue weighted by atomic mass is 10.1. The van der Waals surface area contributed by atoms with Crippen LogP contribution in [-0.2, 0) is 10.0 Å². The maximum Gasteiger partial charge on any atom is 0.244 e. The van der Waals surface area contributed by atoms with Crippen molar-refractivity contribution in [1.29, 1.82) is 0 Å². The molecule has 0 fully saturated rings. The van der Waals surface area contributed by atoms with Gasteiger partial charge < -0.3 is 9.47 Å². The van der Waals surface area contributed by atoms with Gasteiger partial charge in [0.25, 0.3) is 0 Å². The van der Waals surface area contributed by atoms with Crippen LogP contribution in [0.5, 0.6) is 11.6 Å². The number of aryl methyl sites for hydroxylation is 1. The van der Waals surface area contributed by atoms with Gasteiger partial charge in [-0.25, -0.2) is 13.1 Å². The number of sulfonamides is 1. The normalized spacial score (nSPS) is 11.3. The second-order valence-electron chi connectivity index (χ2n) is 6.16. The summed E-state index contributed by atoms with van der Waals surface area (Å²) in [6.07, 6.45) is 0. The van der Waals surface area contributed by atoms with E-state index in [2.05, 4.69) is 14.9 Å². The van der Waals surface area contributed by atoms with E-state index >= 15 is 0 Å². The van der Waals surface area contributed by atoms with Crippen molar-refractivity contribution in [2.24, 2.45) is 0 Å². The lowest BCUT2D eigenvalue weighted by Crippen LogP contribution is -2.28. The van der Waals surface area contributed by atoms with Crippen molar-refractivity contribution in [1.82, 2.24) is 14.9 Å². The van der Waals surface area contributed by atoms with Crippen molar-refractivity contribution in [3.8, 4) is 22.9 Å². The summed E-state index contributed by atoms with van der Waals surface area (Å²) in [6, 6.07) is 15.8. The molecule has 2 aromatic carbocycles. The molecule has 0 radical (unpaired) electrons. The van der Waals surface area contributed by atoms with Crippen molar-refractivity contribution in [2.75, 3.05) is 20.3 Å². The zero-order chi connectivity index (χ0) is 20.9. The first-order valence-electron chi connectivity index (χ1n) is 8.76. The number of halogens is 1. The van der Waals surface area contributed by atoms with E-state index in [0.29, 0.717) is 10.9 Å². The minimum absolute atomic E-state index is 0.0326. The van der Waals surface area contributed by atoms with Crippen LogP contribution >= 0.6 is 11.6 Å². The molecule has 0 aliphatic carbocycles. The third kappa shape index (κ3) is 5.44. The van der Waals surface area contributed by atoms with E-state index in [-0.39, 0.29) is 23.8 Å². The number of hydrogen-bond donors (Lipinski definition) is 1. The molecule has 1 N–H and O–H groups in total. The molecule has 3 aromatic rings. The topological polar surface area (TPSA) is 90.4 Å². The van der Waals surface area contributed by atoms with Gasteiger partial charge in [0, 0.05) is 23.2 Å². The number of rotatable bonds is 8. The molecule has 0 unspecified atom stereocenters. The Balaban J connectivity index is 1.56. The molecule has 9 heteroatoms. The number of methoxy groups -OCH3 is 1. The first-order valence-corrected chi connectivity index (χ1v) is 10.6. The van der Waals surface area contributed by atoms with Crippen molar-refractivity contribution in [3.05, 3.63) is 65.2 Å².